The van der Waals surface area contributed by atoms with Gasteiger partial charge < -0.3 is 10.6 Å². The van der Waals surface area contributed by atoms with Crippen LogP contribution >= 0.6 is 23.4 Å². The molecular formula is C26H29ClN4O3S. The van der Waals surface area contributed by atoms with Gasteiger partial charge in [0.05, 0.1) is 21.8 Å². The third kappa shape index (κ3) is 5.70. The van der Waals surface area contributed by atoms with E-state index in [0.717, 1.165) is 12.8 Å². The van der Waals surface area contributed by atoms with E-state index in [4.69, 9.17) is 22.3 Å². The molecule has 2 amide bonds. The number of thioether (sulfide) groups is 1. The second-order valence-electron chi connectivity index (χ2n) is 8.78. The minimum absolute atomic E-state index is 0.00595. The normalized spacial score (nSPS) is 15.3. The van der Waals surface area contributed by atoms with E-state index in [1.165, 1.54) is 11.8 Å². The zero-order valence-electron chi connectivity index (χ0n) is 19.7. The summed E-state index contributed by atoms with van der Waals surface area (Å²) < 4.78 is 1.55. The van der Waals surface area contributed by atoms with Crippen molar-refractivity contribution in [3.8, 4) is 5.69 Å². The molecule has 0 saturated carbocycles. The first kappa shape index (κ1) is 25.3. The maximum atomic E-state index is 13.6. The number of carbonyl (C=O) groups excluding carboxylic acids is 2. The first-order valence-corrected chi connectivity index (χ1v) is 13.2. The molecule has 184 valence electrons. The number of amides is 2. The third-order valence-corrected chi connectivity index (χ3v) is 7.80. The molecule has 35 heavy (non-hydrogen) atoms. The van der Waals surface area contributed by atoms with Crippen LogP contribution in [0.4, 0.5) is 0 Å². The molecule has 2 aromatic carbocycles. The number of unbranched alkanes of at least 4 members (excludes halogenated alkanes) is 1. The van der Waals surface area contributed by atoms with E-state index in [-0.39, 0.29) is 23.3 Å². The molecule has 0 bridgehead atoms. The van der Waals surface area contributed by atoms with E-state index in [2.05, 4.69) is 6.92 Å². The van der Waals surface area contributed by atoms with Crippen LogP contribution in [-0.2, 0) is 9.59 Å². The second kappa shape index (κ2) is 11.3. The molecule has 0 spiro atoms. The van der Waals surface area contributed by atoms with Crippen LogP contribution in [0.2, 0.25) is 5.02 Å². The zero-order valence-corrected chi connectivity index (χ0v) is 21.2. The van der Waals surface area contributed by atoms with Crippen molar-refractivity contribution < 1.29 is 9.59 Å². The fourth-order valence-electron chi connectivity index (χ4n) is 4.37. The number of aromatic nitrogens is 2. The summed E-state index contributed by atoms with van der Waals surface area (Å²) in [5.41, 5.74) is 6.45. The Morgan fingerprint density at radius 2 is 1.91 bits per heavy atom. The van der Waals surface area contributed by atoms with Gasteiger partial charge in [-0.2, -0.15) is 0 Å². The number of likely N-dealkylation sites (tertiary alicyclic amines) is 1. The Labute approximate surface area is 213 Å². The Bertz CT molecular complexity index is 1290. The highest BCUT2D eigenvalue weighted by Crippen LogP contribution is 2.31. The van der Waals surface area contributed by atoms with Gasteiger partial charge in [0.1, 0.15) is 0 Å². The van der Waals surface area contributed by atoms with E-state index in [9.17, 15) is 14.4 Å². The molecule has 4 rings (SSSR count). The van der Waals surface area contributed by atoms with Crippen LogP contribution in [0.25, 0.3) is 16.6 Å². The fourth-order valence-corrected chi connectivity index (χ4v) is 5.79. The summed E-state index contributed by atoms with van der Waals surface area (Å²) in [6.45, 7) is 3.09. The van der Waals surface area contributed by atoms with E-state index in [1.54, 1.807) is 34.9 Å². The average molecular weight is 513 g/mol. The zero-order chi connectivity index (χ0) is 24.9. The van der Waals surface area contributed by atoms with Crippen molar-refractivity contribution in [2.75, 3.05) is 13.1 Å². The van der Waals surface area contributed by atoms with Gasteiger partial charge in [-0.05, 0) is 49.6 Å². The van der Waals surface area contributed by atoms with Crippen molar-refractivity contribution in [1.82, 2.24) is 14.5 Å². The lowest BCUT2D eigenvalue weighted by Crippen LogP contribution is -2.45. The number of para-hydroxylation sites is 1. The molecular weight excluding hydrogens is 484 g/mol. The number of piperidine rings is 1. The maximum Gasteiger partial charge on any atom is 0.266 e. The Balaban J connectivity index is 1.71. The van der Waals surface area contributed by atoms with Crippen LogP contribution in [0.5, 0.6) is 0 Å². The van der Waals surface area contributed by atoms with E-state index in [0.29, 0.717) is 59.1 Å². The number of hydrogen-bond donors (Lipinski definition) is 1. The SMILES string of the molecule is CCCCC(Sc1nc2ccccc2c(=O)n1-c1cccc(Cl)c1)C(=O)N1CCC(C(N)=O)CC1. The minimum atomic E-state index is -0.404. The number of rotatable bonds is 8. The number of primary amides is 1. The summed E-state index contributed by atoms with van der Waals surface area (Å²) >= 11 is 7.56. The average Bonchev–Trinajstić information content (AvgIpc) is 2.86. The Morgan fingerprint density at radius 1 is 1.17 bits per heavy atom. The molecule has 2 N–H and O–H groups in total. The summed E-state index contributed by atoms with van der Waals surface area (Å²) in [6, 6.07) is 14.3. The molecule has 3 aromatic rings. The molecule has 1 saturated heterocycles. The predicted octanol–water partition coefficient (Wildman–Crippen LogP) is 4.41. The molecule has 1 atom stereocenters. The van der Waals surface area contributed by atoms with Crippen molar-refractivity contribution in [3.05, 3.63) is 63.9 Å². The van der Waals surface area contributed by atoms with Crippen molar-refractivity contribution in [2.24, 2.45) is 11.7 Å². The number of hydrogen-bond acceptors (Lipinski definition) is 5. The molecule has 0 radical (unpaired) electrons. The number of benzene rings is 2. The molecule has 1 aliphatic rings. The van der Waals surface area contributed by atoms with Gasteiger partial charge in [-0.25, -0.2) is 4.98 Å². The first-order chi connectivity index (χ1) is 16.9. The molecule has 1 aromatic heterocycles. The number of nitrogens with two attached hydrogens (primary N) is 1. The van der Waals surface area contributed by atoms with Crippen LogP contribution in [-0.4, -0.2) is 44.6 Å². The van der Waals surface area contributed by atoms with Gasteiger partial charge in [-0.1, -0.05) is 61.3 Å². The van der Waals surface area contributed by atoms with Crippen LogP contribution in [0.1, 0.15) is 39.0 Å². The van der Waals surface area contributed by atoms with Crippen LogP contribution in [0, 0.1) is 5.92 Å². The lowest BCUT2D eigenvalue weighted by Gasteiger charge is -2.33. The number of halogens is 1. The van der Waals surface area contributed by atoms with Crippen molar-refractivity contribution in [3.63, 3.8) is 0 Å². The summed E-state index contributed by atoms with van der Waals surface area (Å²) in [6.07, 6.45) is 3.63. The van der Waals surface area contributed by atoms with Crippen LogP contribution < -0.4 is 11.3 Å². The van der Waals surface area contributed by atoms with Gasteiger partial charge >= 0.3 is 0 Å². The first-order valence-electron chi connectivity index (χ1n) is 11.9. The highest BCUT2D eigenvalue weighted by atomic mass is 35.5. The topological polar surface area (TPSA) is 98.3 Å². The largest absolute Gasteiger partial charge is 0.369 e. The molecule has 1 aliphatic heterocycles. The summed E-state index contributed by atoms with van der Waals surface area (Å²) in [7, 11) is 0. The van der Waals surface area contributed by atoms with E-state index >= 15 is 0 Å². The molecule has 0 aliphatic carbocycles. The molecule has 1 fully saturated rings. The number of fused-ring (bicyclic) bond motifs is 1. The number of nitrogens with zero attached hydrogens (tertiary/aromatic N) is 3. The second-order valence-corrected chi connectivity index (χ2v) is 10.4. The van der Waals surface area contributed by atoms with Gasteiger partial charge in [-0.3, -0.25) is 19.0 Å². The Hall–Kier alpha value is -2.84. The van der Waals surface area contributed by atoms with Crippen LogP contribution in [0.15, 0.2) is 58.5 Å². The molecule has 9 heteroatoms. The van der Waals surface area contributed by atoms with Gasteiger partial charge in [0.2, 0.25) is 11.8 Å². The monoisotopic (exact) mass is 512 g/mol. The lowest BCUT2D eigenvalue weighted by atomic mass is 9.96. The van der Waals surface area contributed by atoms with Crippen LogP contribution in [0.3, 0.4) is 0 Å². The molecule has 2 heterocycles. The standard InChI is InChI=1S/C26H29ClN4O3S/c1-2-3-11-22(25(34)30-14-12-17(13-15-30)23(28)32)35-26-29-21-10-5-4-9-20(21)24(33)31(26)19-8-6-7-18(27)16-19/h4-10,16-17,22H,2-3,11-15H2,1H3,(H2,28,32). The van der Waals surface area contributed by atoms with E-state index < -0.39 is 5.25 Å². The summed E-state index contributed by atoms with van der Waals surface area (Å²) in [4.78, 5) is 45.3. The predicted molar refractivity (Wildman–Crippen MR) is 140 cm³/mol. The van der Waals surface area contributed by atoms with Crippen molar-refractivity contribution >= 4 is 46.1 Å². The fraction of sp³-hybridized carbons (Fsp3) is 0.385. The van der Waals surface area contributed by atoms with Gasteiger partial charge in [-0.15, -0.1) is 0 Å². The Morgan fingerprint density at radius 3 is 2.60 bits per heavy atom. The third-order valence-electron chi connectivity index (χ3n) is 6.36. The molecule has 1 unspecified atom stereocenters. The smallest absolute Gasteiger partial charge is 0.266 e. The quantitative estimate of drug-likeness (QED) is 0.356. The van der Waals surface area contributed by atoms with Gasteiger partial charge in [0.25, 0.3) is 5.56 Å². The number of carbonyl (C=O) groups is 2. The van der Waals surface area contributed by atoms with Crippen molar-refractivity contribution in [1.29, 1.82) is 0 Å². The highest BCUT2D eigenvalue weighted by Gasteiger charge is 2.31. The van der Waals surface area contributed by atoms with E-state index in [1.807, 2.05) is 23.1 Å². The van der Waals surface area contributed by atoms with Gasteiger partial charge in [0, 0.05) is 24.0 Å². The maximum absolute atomic E-state index is 13.6. The lowest BCUT2D eigenvalue weighted by molar-refractivity contribution is -0.134. The molecule has 7 nitrogen and oxygen atoms in total. The Kier molecular flexibility index (Phi) is 8.13. The minimum Gasteiger partial charge on any atom is -0.369 e. The summed E-state index contributed by atoms with van der Waals surface area (Å²) in [5.74, 6) is -0.484. The summed E-state index contributed by atoms with van der Waals surface area (Å²) in [5, 5.41) is 1.06. The van der Waals surface area contributed by atoms with Crippen molar-refractivity contribution in [2.45, 2.75) is 49.4 Å². The van der Waals surface area contributed by atoms with Gasteiger partial charge in [0.15, 0.2) is 5.16 Å². The highest BCUT2D eigenvalue weighted by molar-refractivity contribution is 8.00.